The second kappa shape index (κ2) is 4.37. The molecule has 0 bridgehead atoms. The van der Waals surface area contributed by atoms with Crippen LogP contribution in [0.25, 0.3) is 0 Å². The summed E-state index contributed by atoms with van der Waals surface area (Å²) in [4.78, 5) is 0. The van der Waals surface area contributed by atoms with Crippen molar-refractivity contribution in [3.63, 3.8) is 0 Å². The monoisotopic (exact) mass is 303 g/mol. The Labute approximate surface area is 105 Å². The number of benzene rings is 1. The molecule has 3 nitrogen and oxygen atoms in total. The molecule has 0 amide bonds. The van der Waals surface area contributed by atoms with Crippen LogP contribution in [-0.2, 0) is 10.0 Å². The Kier molecular flexibility index (Phi) is 3.26. The zero-order valence-electron chi connectivity index (χ0n) is 9.11. The Balaban J connectivity index is 2.43. The van der Waals surface area contributed by atoms with Crippen molar-refractivity contribution in [1.82, 2.24) is 0 Å². The van der Waals surface area contributed by atoms with E-state index in [9.17, 15) is 8.42 Å². The van der Waals surface area contributed by atoms with Gasteiger partial charge >= 0.3 is 0 Å². The first-order valence-corrected chi connectivity index (χ1v) is 7.67. The van der Waals surface area contributed by atoms with Crippen LogP contribution >= 0.6 is 15.9 Å². The lowest BCUT2D eigenvalue weighted by molar-refractivity contribution is 0.574. The van der Waals surface area contributed by atoms with Crippen LogP contribution in [-0.4, -0.2) is 20.7 Å². The minimum absolute atomic E-state index is 0.266. The number of nitrogens with zero attached hydrogens (tertiary/aromatic N) is 1. The standard InChI is InChI=1S/C11H14BrNO2S/c1-9-8-10(12)4-5-11(9)13-6-2-3-7-16(13,14)15/h4-5,8H,2-3,6-7H2,1H3. The molecule has 16 heavy (non-hydrogen) atoms. The highest BCUT2D eigenvalue weighted by atomic mass is 79.9. The summed E-state index contributed by atoms with van der Waals surface area (Å²) < 4.78 is 26.4. The van der Waals surface area contributed by atoms with Gasteiger partial charge in [0, 0.05) is 11.0 Å². The van der Waals surface area contributed by atoms with E-state index in [4.69, 9.17) is 0 Å². The molecule has 1 aliphatic rings. The highest BCUT2D eigenvalue weighted by molar-refractivity contribution is 9.10. The van der Waals surface area contributed by atoms with Crippen LogP contribution in [0.1, 0.15) is 18.4 Å². The summed E-state index contributed by atoms with van der Waals surface area (Å²) >= 11 is 3.38. The van der Waals surface area contributed by atoms with Gasteiger partial charge in [0.25, 0.3) is 0 Å². The summed E-state index contributed by atoms with van der Waals surface area (Å²) in [5, 5.41) is 0. The molecule has 0 spiro atoms. The highest BCUT2D eigenvalue weighted by Gasteiger charge is 2.26. The molecule has 0 N–H and O–H groups in total. The number of sulfonamides is 1. The van der Waals surface area contributed by atoms with E-state index < -0.39 is 10.0 Å². The molecule has 0 unspecified atom stereocenters. The molecular formula is C11H14BrNO2S. The van der Waals surface area contributed by atoms with E-state index in [1.54, 1.807) is 0 Å². The minimum Gasteiger partial charge on any atom is -0.270 e. The normalized spacial score (nSPS) is 19.8. The summed E-state index contributed by atoms with van der Waals surface area (Å²) in [5.41, 5.74) is 1.79. The Bertz CT molecular complexity index is 499. The van der Waals surface area contributed by atoms with Crippen molar-refractivity contribution in [2.75, 3.05) is 16.6 Å². The van der Waals surface area contributed by atoms with Crippen molar-refractivity contribution in [3.8, 4) is 0 Å². The molecule has 1 aromatic rings. The molecule has 0 atom stereocenters. The SMILES string of the molecule is Cc1cc(Br)ccc1N1CCCCS1(=O)=O. The van der Waals surface area contributed by atoms with Crippen molar-refractivity contribution < 1.29 is 8.42 Å². The minimum atomic E-state index is -3.09. The molecule has 2 rings (SSSR count). The van der Waals surface area contributed by atoms with E-state index in [1.807, 2.05) is 25.1 Å². The van der Waals surface area contributed by atoms with Crippen molar-refractivity contribution in [2.45, 2.75) is 19.8 Å². The maximum atomic E-state index is 11.9. The second-order valence-electron chi connectivity index (χ2n) is 4.03. The Morgan fingerprint density at radius 3 is 2.69 bits per heavy atom. The number of halogens is 1. The van der Waals surface area contributed by atoms with Crippen LogP contribution in [0.5, 0.6) is 0 Å². The first-order chi connectivity index (χ1) is 7.50. The molecule has 5 heteroatoms. The number of hydrogen-bond acceptors (Lipinski definition) is 2. The predicted molar refractivity (Wildman–Crippen MR) is 69.2 cm³/mol. The summed E-state index contributed by atoms with van der Waals surface area (Å²) in [6.45, 7) is 2.54. The largest absolute Gasteiger partial charge is 0.270 e. The van der Waals surface area contributed by atoms with Gasteiger partial charge in [0.1, 0.15) is 0 Å². The fourth-order valence-electron chi connectivity index (χ4n) is 1.96. The van der Waals surface area contributed by atoms with Crippen LogP contribution in [0.3, 0.4) is 0 Å². The van der Waals surface area contributed by atoms with Gasteiger partial charge in [-0.1, -0.05) is 15.9 Å². The Morgan fingerprint density at radius 2 is 2.06 bits per heavy atom. The molecule has 1 heterocycles. The van der Waals surface area contributed by atoms with Crippen LogP contribution in [0.4, 0.5) is 5.69 Å². The number of hydrogen-bond donors (Lipinski definition) is 0. The van der Waals surface area contributed by atoms with Gasteiger partial charge in [-0.25, -0.2) is 8.42 Å². The first-order valence-electron chi connectivity index (χ1n) is 5.27. The smallest absolute Gasteiger partial charge is 0.235 e. The molecular weight excluding hydrogens is 290 g/mol. The zero-order chi connectivity index (χ0) is 11.8. The number of aryl methyl sites for hydroxylation is 1. The van der Waals surface area contributed by atoms with Gasteiger partial charge in [0.05, 0.1) is 11.4 Å². The fourth-order valence-corrected chi connectivity index (χ4v) is 4.13. The highest BCUT2D eigenvalue weighted by Crippen LogP contribution is 2.28. The van der Waals surface area contributed by atoms with Crippen molar-refractivity contribution in [1.29, 1.82) is 0 Å². The van der Waals surface area contributed by atoms with Gasteiger partial charge in [-0.2, -0.15) is 0 Å². The third kappa shape index (κ3) is 2.25. The second-order valence-corrected chi connectivity index (χ2v) is 6.95. The van der Waals surface area contributed by atoms with E-state index in [0.29, 0.717) is 6.54 Å². The van der Waals surface area contributed by atoms with Crippen LogP contribution in [0.2, 0.25) is 0 Å². The molecule has 1 fully saturated rings. The predicted octanol–water partition coefficient (Wildman–Crippen LogP) is 2.69. The Hall–Kier alpha value is -0.550. The van der Waals surface area contributed by atoms with E-state index >= 15 is 0 Å². The van der Waals surface area contributed by atoms with Crippen LogP contribution in [0, 0.1) is 6.92 Å². The van der Waals surface area contributed by atoms with Crippen molar-refractivity contribution in [2.24, 2.45) is 0 Å². The van der Waals surface area contributed by atoms with E-state index in [1.165, 1.54) is 4.31 Å². The average Bonchev–Trinajstić information content (AvgIpc) is 2.19. The maximum Gasteiger partial charge on any atom is 0.235 e. The van der Waals surface area contributed by atoms with Crippen LogP contribution < -0.4 is 4.31 Å². The van der Waals surface area contributed by atoms with Gasteiger partial charge in [-0.15, -0.1) is 0 Å². The molecule has 0 saturated carbocycles. The van der Waals surface area contributed by atoms with Crippen LogP contribution in [0.15, 0.2) is 22.7 Å². The van der Waals surface area contributed by atoms with Gasteiger partial charge < -0.3 is 0 Å². The van der Waals surface area contributed by atoms with Gasteiger partial charge in [-0.3, -0.25) is 4.31 Å². The number of rotatable bonds is 1. The lowest BCUT2D eigenvalue weighted by Crippen LogP contribution is -2.38. The molecule has 88 valence electrons. The molecule has 0 radical (unpaired) electrons. The molecule has 1 aliphatic heterocycles. The average molecular weight is 304 g/mol. The molecule has 1 saturated heterocycles. The number of anilines is 1. The summed E-state index contributed by atoms with van der Waals surface area (Å²) in [6.07, 6.45) is 1.71. The summed E-state index contributed by atoms with van der Waals surface area (Å²) in [7, 11) is -3.09. The summed E-state index contributed by atoms with van der Waals surface area (Å²) in [5.74, 6) is 0.266. The van der Waals surface area contributed by atoms with E-state index in [0.717, 1.165) is 28.6 Å². The third-order valence-corrected chi connectivity index (χ3v) is 5.13. The topological polar surface area (TPSA) is 37.4 Å². The molecule has 0 aliphatic carbocycles. The van der Waals surface area contributed by atoms with Gasteiger partial charge in [-0.05, 0) is 43.5 Å². The Morgan fingerprint density at radius 1 is 1.31 bits per heavy atom. The van der Waals surface area contributed by atoms with E-state index in [-0.39, 0.29) is 5.75 Å². The lowest BCUT2D eigenvalue weighted by atomic mass is 10.2. The van der Waals surface area contributed by atoms with E-state index in [2.05, 4.69) is 15.9 Å². The first kappa shape index (κ1) is 11.9. The zero-order valence-corrected chi connectivity index (χ0v) is 11.5. The molecule has 0 aromatic heterocycles. The lowest BCUT2D eigenvalue weighted by Gasteiger charge is -2.29. The van der Waals surface area contributed by atoms with Gasteiger partial charge in [0.15, 0.2) is 0 Å². The fraction of sp³-hybridized carbons (Fsp3) is 0.455. The van der Waals surface area contributed by atoms with Crippen molar-refractivity contribution >= 4 is 31.6 Å². The van der Waals surface area contributed by atoms with Gasteiger partial charge in [0.2, 0.25) is 10.0 Å². The summed E-state index contributed by atoms with van der Waals surface area (Å²) in [6, 6.07) is 5.69. The third-order valence-electron chi connectivity index (χ3n) is 2.78. The molecule has 1 aromatic carbocycles. The quantitative estimate of drug-likeness (QED) is 0.800. The maximum absolute atomic E-state index is 11.9. The van der Waals surface area contributed by atoms with Crippen molar-refractivity contribution in [3.05, 3.63) is 28.2 Å².